The van der Waals surface area contributed by atoms with Crippen molar-refractivity contribution in [2.45, 2.75) is 82.5 Å². The average molecular weight is 347 g/mol. The zero-order valence-corrected chi connectivity index (χ0v) is 16.0. The van der Waals surface area contributed by atoms with E-state index >= 15 is 0 Å². The first-order valence-corrected chi connectivity index (χ1v) is 9.80. The number of rotatable bonds is 11. The summed E-state index contributed by atoms with van der Waals surface area (Å²) >= 11 is 0. The summed E-state index contributed by atoms with van der Waals surface area (Å²) in [5, 5.41) is 0. The van der Waals surface area contributed by atoms with Gasteiger partial charge in [0.1, 0.15) is 6.79 Å². The van der Waals surface area contributed by atoms with Crippen molar-refractivity contribution in [2.24, 2.45) is 5.92 Å². The largest absolute Gasteiger partial charge is 0.366 e. The molecule has 0 aromatic heterocycles. The highest BCUT2D eigenvalue weighted by Crippen LogP contribution is 2.57. The fourth-order valence-corrected chi connectivity index (χ4v) is 4.99. The van der Waals surface area contributed by atoms with Crippen LogP contribution in [0.25, 0.3) is 0 Å². The molecule has 4 aliphatic rings. The standard InChI is InChI=1S/C22H34O3/c1-5-6-7-8-18(4)23-16-25-22-12-19-9-20(13-22)11-21(10-19,15-22)24-14-17(2)3/h5,10,18,20H,1-2,6-9,11-16H2,3-4H3. The van der Waals surface area contributed by atoms with E-state index in [1.807, 2.05) is 13.0 Å². The Labute approximate surface area is 153 Å². The van der Waals surface area contributed by atoms with Crippen molar-refractivity contribution in [1.82, 2.24) is 0 Å². The SMILES string of the molecule is C=CCCCC(C)OCOC12CC3=CC(OCC(=C)C)(CC(C3)C1)C2. The molecule has 0 heterocycles. The molecular weight excluding hydrogens is 312 g/mol. The minimum absolute atomic E-state index is 0.0822. The van der Waals surface area contributed by atoms with Crippen molar-refractivity contribution in [3.8, 4) is 0 Å². The van der Waals surface area contributed by atoms with Gasteiger partial charge >= 0.3 is 0 Å². The summed E-state index contributed by atoms with van der Waals surface area (Å²) in [6.07, 6.45) is 13.4. The van der Waals surface area contributed by atoms with Crippen molar-refractivity contribution in [2.75, 3.05) is 13.4 Å². The first-order valence-electron chi connectivity index (χ1n) is 9.80. The van der Waals surface area contributed by atoms with Gasteiger partial charge in [-0.1, -0.05) is 29.9 Å². The minimum Gasteiger partial charge on any atom is -0.366 e. The smallest absolute Gasteiger partial charge is 0.147 e. The molecule has 2 fully saturated rings. The van der Waals surface area contributed by atoms with Gasteiger partial charge in [-0.15, -0.1) is 6.58 Å². The van der Waals surface area contributed by atoms with E-state index in [1.54, 1.807) is 0 Å². The van der Waals surface area contributed by atoms with Crippen molar-refractivity contribution in [3.05, 3.63) is 36.5 Å². The Balaban J connectivity index is 1.54. The van der Waals surface area contributed by atoms with E-state index in [-0.39, 0.29) is 17.3 Å². The van der Waals surface area contributed by atoms with Gasteiger partial charge in [-0.3, -0.25) is 0 Å². The molecule has 0 spiro atoms. The second-order valence-corrected chi connectivity index (χ2v) is 8.59. The van der Waals surface area contributed by atoms with Gasteiger partial charge in [0.2, 0.25) is 0 Å². The molecule has 4 atom stereocenters. The van der Waals surface area contributed by atoms with Crippen molar-refractivity contribution >= 4 is 0 Å². The molecule has 4 rings (SSSR count). The molecule has 3 heteroatoms. The van der Waals surface area contributed by atoms with Gasteiger partial charge in [0, 0.05) is 6.42 Å². The molecule has 2 saturated carbocycles. The van der Waals surface area contributed by atoms with E-state index in [0.29, 0.717) is 19.3 Å². The van der Waals surface area contributed by atoms with Crippen LogP contribution in [0.5, 0.6) is 0 Å². The van der Waals surface area contributed by atoms with Gasteiger partial charge in [-0.2, -0.15) is 0 Å². The Morgan fingerprint density at radius 3 is 2.96 bits per heavy atom. The van der Waals surface area contributed by atoms with Crippen LogP contribution >= 0.6 is 0 Å². The van der Waals surface area contributed by atoms with E-state index in [4.69, 9.17) is 14.2 Å². The maximum Gasteiger partial charge on any atom is 0.147 e. The first kappa shape index (κ1) is 18.9. The summed E-state index contributed by atoms with van der Waals surface area (Å²) in [7, 11) is 0. The van der Waals surface area contributed by atoms with Gasteiger partial charge in [0.15, 0.2) is 0 Å². The zero-order valence-electron chi connectivity index (χ0n) is 16.0. The highest BCUT2D eigenvalue weighted by atomic mass is 16.7. The second-order valence-electron chi connectivity index (χ2n) is 8.59. The van der Waals surface area contributed by atoms with Crippen molar-refractivity contribution in [3.63, 3.8) is 0 Å². The third kappa shape index (κ3) is 4.64. The van der Waals surface area contributed by atoms with E-state index in [0.717, 1.165) is 50.5 Å². The predicted molar refractivity (Wildman–Crippen MR) is 101 cm³/mol. The number of hydrogen-bond acceptors (Lipinski definition) is 3. The normalized spacial score (nSPS) is 34.0. The lowest BCUT2D eigenvalue weighted by molar-refractivity contribution is -0.216. The number of allylic oxidation sites excluding steroid dienone is 1. The summed E-state index contributed by atoms with van der Waals surface area (Å²) in [6.45, 7) is 13.0. The van der Waals surface area contributed by atoms with Gasteiger partial charge in [-0.05, 0) is 64.7 Å². The third-order valence-corrected chi connectivity index (χ3v) is 5.83. The van der Waals surface area contributed by atoms with Crippen molar-refractivity contribution < 1.29 is 14.2 Å². The minimum atomic E-state index is -0.136. The summed E-state index contributed by atoms with van der Waals surface area (Å²) in [6, 6.07) is 0. The van der Waals surface area contributed by atoms with Gasteiger partial charge < -0.3 is 14.2 Å². The van der Waals surface area contributed by atoms with Crippen LogP contribution in [-0.2, 0) is 14.2 Å². The highest BCUT2D eigenvalue weighted by Gasteiger charge is 2.55. The van der Waals surface area contributed by atoms with Crippen LogP contribution in [0.3, 0.4) is 0 Å². The molecule has 140 valence electrons. The predicted octanol–water partition coefficient (Wildman–Crippen LogP) is 5.33. The zero-order chi connectivity index (χ0) is 17.9. The topological polar surface area (TPSA) is 27.7 Å². The molecule has 0 aromatic carbocycles. The third-order valence-electron chi connectivity index (χ3n) is 5.83. The molecule has 0 aliphatic heterocycles. The van der Waals surface area contributed by atoms with Gasteiger partial charge in [0.25, 0.3) is 0 Å². The van der Waals surface area contributed by atoms with E-state index in [1.165, 1.54) is 12.0 Å². The van der Waals surface area contributed by atoms with Crippen molar-refractivity contribution in [1.29, 1.82) is 0 Å². The Kier molecular flexibility index (Phi) is 5.87. The van der Waals surface area contributed by atoms with Crippen LogP contribution in [0.1, 0.15) is 65.2 Å². The highest BCUT2D eigenvalue weighted by molar-refractivity contribution is 5.29. The van der Waals surface area contributed by atoms with Gasteiger partial charge in [0.05, 0.1) is 23.9 Å². The molecule has 4 aliphatic carbocycles. The Morgan fingerprint density at radius 2 is 2.24 bits per heavy atom. The average Bonchev–Trinajstić information content (AvgIpc) is 2.52. The summed E-state index contributed by atoms with van der Waals surface area (Å²) < 4.78 is 18.6. The fraction of sp³-hybridized carbons (Fsp3) is 0.727. The molecule has 0 amide bonds. The van der Waals surface area contributed by atoms with Crippen LogP contribution in [0.2, 0.25) is 0 Å². The number of ether oxygens (including phenoxy) is 3. The molecule has 0 radical (unpaired) electrons. The number of unbranched alkanes of at least 4 members (excludes halogenated alkanes) is 1. The van der Waals surface area contributed by atoms with Crippen LogP contribution in [0, 0.1) is 5.92 Å². The van der Waals surface area contributed by atoms with Crippen LogP contribution in [0.15, 0.2) is 36.5 Å². The number of hydrogen-bond donors (Lipinski definition) is 0. The maximum absolute atomic E-state index is 6.37. The molecule has 0 saturated heterocycles. The summed E-state index contributed by atoms with van der Waals surface area (Å²) in [5.74, 6) is 0.692. The van der Waals surface area contributed by atoms with Gasteiger partial charge in [-0.25, -0.2) is 0 Å². The molecule has 0 N–H and O–H groups in total. The lowest BCUT2D eigenvalue weighted by atomic mass is 9.57. The van der Waals surface area contributed by atoms with E-state index in [2.05, 4.69) is 26.2 Å². The molecule has 4 bridgehead atoms. The molecular formula is C22H34O3. The Morgan fingerprint density at radius 1 is 1.40 bits per heavy atom. The van der Waals surface area contributed by atoms with Crippen LogP contribution in [-0.4, -0.2) is 30.7 Å². The van der Waals surface area contributed by atoms with Crippen LogP contribution < -0.4 is 0 Å². The Hall–Kier alpha value is -0.900. The van der Waals surface area contributed by atoms with Crippen LogP contribution in [0.4, 0.5) is 0 Å². The molecule has 4 unspecified atom stereocenters. The van der Waals surface area contributed by atoms with E-state index in [9.17, 15) is 0 Å². The first-order chi connectivity index (χ1) is 11.9. The lowest BCUT2D eigenvalue weighted by Gasteiger charge is -2.57. The maximum atomic E-state index is 6.37. The fourth-order valence-electron chi connectivity index (χ4n) is 4.99. The summed E-state index contributed by atoms with van der Waals surface area (Å²) in [5.41, 5.74) is 2.39. The Bertz CT molecular complexity index is 537. The quantitative estimate of drug-likeness (QED) is 0.288. The molecule has 25 heavy (non-hydrogen) atoms. The molecule has 3 nitrogen and oxygen atoms in total. The van der Waals surface area contributed by atoms with E-state index < -0.39 is 0 Å². The molecule has 0 aromatic rings. The second kappa shape index (κ2) is 7.77. The summed E-state index contributed by atoms with van der Waals surface area (Å²) in [4.78, 5) is 0. The lowest BCUT2D eigenvalue weighted by Crippen LogP contribution is -2.57. The monoisotopic (exact) mass is 346 g/mol.